The number of rotatable bonds is 5. The quantitative estimate of drug-likeness (QED) is 0.622. The maximum absolute atomic E-state index is 12.6. The molecule has 2 aromatic carbocycles. The summed E-state index contributed by atoms with van der Waals surface area (Å²) in [6.07, 6.45) is 0.298. The first-order valence-electron chi connectivity index (χ1n) is 9.12. The Balaban J connectivity index is 1.57. The van der Waals surface area contributed by atoms with E-state index in [0.29, 0.717) is 46.8 Å². The Morgan fingerprint density at radius 1 is 1.17 bits per heavy atom. The summed E-state index contributed by atoms with van der Waals surface area (Å²) in [6, 6.07) is 11.0. The lowest BCUT2D eigenvalue weighted by atomic mass is 10.1. The number of amides is 1. The highest BCUT2D eigenvalue weighted by Gasteiger charge is 2.35. The van der Waals surface area contributed by atoms with E-state index in [2.05, 4.69) is 10.1 Å². The van der Waals surface area contributed by atoms with Crippen molar-refractivity contribution in [1.82, 2.24) is 10.1 Å². The Kier molecular flexibility index (Phi) is 5.15. The average molecular weight is 414 g/mol. The van der Waals surface area contributed by atoms with Crippen molar-refractivity contribution >= 4 is 23.2 Å². The summed E-state index contributed by atoms with van der Waals surface area (Å²) in [4.78, 5) is 18.8. The number of nitrogens with zero attached hydrogens (tertiary/aromatic N) is 3. The highest BCUT2D eigenvalue weighted by Crippen LogP contribution is 2.35. The maximum atomic E-state index is 12.6. The monoisotopic (exact) mass is 413 g/mol. The number of aryl methyl sites for hydroxylation is 1. The van der Waals surface area contributed by atoms with Crippen molar-refractivity contribution in [2.75, 3.05) is 25.7 Å². The van der Waals surface area contributed by atoms with Crippen molar-refractivity contribution in [2.45, 2.75) is 19.3 Å². The Labute approximate surface area is 173 Å². The minimum atomic E-state index is -0.187. The number of anilines is 1. The molecule has 1 saturated heterocycles. The van der Waals surface area contributed by atoms with Gasteiger partial charge in [0.2, 0.25) is 17.6 Å². The smallest absolute Gasteiger partial charge is 0.232 e. The van der Waals surface area contributed by atoms with Crippen LogP contribution >= 0.6 is 11.6 Å². The van der Waals surface area contributed by atoms with Gasteiger partial charge in [-0.25, -0.2) is 0 Å². The van der Waals surface area contributed by atoms with Gasteiger partial charge in [0.05, 0.1) is 25.7 Å². The lowest BCUT2D eigenvalue weighted by Gasteiger charge is -2.17. The van der Waals surface area contributed by atoms with E-state index in [1.54, 1.807) is 37.3 Å². The maximum Gasteiger partial charge on any atom is 0.232 e. The number of methoxy groups -OCH3 is 2. The largest absolute Gasteiger partial charge is 0.497 e. The first kappa shape index (κ1) is 19.3. The van der Waals surface area contributed by atoms with E-state index in [4.69, 9.17) is 25.6 Å². The van der Waals surface area contributed by atoms with Gasteiger partial charge in [0, 0.05) is 29.7 Å². The number of benzene rings is 2. The van der Waals surface area contributed by atoms with Gasteiger partial charge in [-0.15, -0.1) is 0 Å². The van der Waals surface area contributed by atoms with Gasteiger partial charge in [0.1, 0.15) is 11.5 Å². The lowest BCUT2D eigenvalue weighted by molar-refractivity contribution is -0.117. The molecular weight excluding hydrogens is 394 g/mol. The highest BCUT2D eigenvalue weighted by molar-refractivity contribution is 6.31. The summed E-state index contributed by atoms with van der Waals surface area (Å²) in [5.41, 5.74) is 2.42. The van der Waals surface area contributed by atoms with Crippen LogP contribution < -0.4 is 14.4 Å². The van der Waals surface area contributed by atoms with Gasteiger partial charge in [-0.3, -0.25) is 4.79 Å². The number of ether oxygens (including phenoxy) is 2. The van der Waals surface area contributed by atoms with Crippen LogP contribution in [0.4, 0.5) is 5.69 Å². The van der Waals surface area contributed by atoms with Crippen LogP contribution in [0, 0.1) is 6.92 Å². The van der Waals surface area contributed by atoms with Crippen molar-refractivity contribution < 1.29 is 18.8 Å². The minimum Gasteiger partial charge on any atom is -0.497 e. The van der Waals surface area contributed by atoms with Gasteiger partial charge >= 0.3 is 0 Å². The number of aromatic nitrogens is 2. The molecule has 0 bridgehead atoms. The Bertz CT molecular complexity index is 1070. The summed E-state index contributed by atoms with van der Waals surface area (Å²) < 4.78 is 16.1. The van der Waals surface area contributed by atoms with Gasteiger partial charge in [-0.1, -0.05) is 22.8 Å². The SMILES string of the molecule is COc1ccc(-c2noc([C@@H]3CC(=O)N(c4ccc(C)c(Cl)c4)C3)n2)c(OC)c1. The van der Waals surface area contributed by atoms with Gasteiger partial charge < -0.3 is 18.9 Å². The second-order valence-electron chi connectivity index (χ2n) is 6.86. The molecule has 0 spiro atoms. The van der Waals surface area contributed by atoms with Gasteiger partial charge in [-0.2, -0.15) is 4.98 Å². The number of carbonyl (C=O) groups is 1. The van der Waals surface area contributed by atoms with Crippen LogP contribution in [-0.2, 0) is 4.79 Å². The molecule has 0 N–H and O–H groups in total. The van der Waals surface area contributed by atoms with Crippen molar-refractivity contribution in [3.63, 3.8) is 0 Å². The first-order chi connectivity index (χ1) is 14.0. The number of carbonyl (C=O) groups excluding carboxylic acids is 1. The molecule has 1 amide bonds. The lowest BCUT2D eigenvalue weighted by Crippen LogP contribution is -2.24. The molecule has 4 rings (SSSR count). The highest BCUT2D eigenvalue weighted by atomic mass is 35.5. The first-order valence-corrected chi connectivity index (χ1v) is 9.50. The summed E-state index contributed by atoms with van der Waals surface area (Å²) in [5, 5.41) is 4.72. The molecule has 1 fully saturated rings. The molecule has 0 radical (unpaired) electrons. The van der Waals surface area contributed by atoms with Crippen LogP contribution in [-0.4, -0.2) is 36.8 Å². The van der Waals surface area contributed by atoms with E-state index in [1.807, 2.05) is 25.1 Å². The molecule has 1 aliphatic heterocycles. The molecule has 8 heteroatoms. The Morgan fingerprint density at radius 2 is 2.00 bits per heavy atom. The third kappa shape index (κ3) is 3.65. The van der Waals surface area contributed by atoms with Gasteiger partial charge in [0.25, 0.3) is 0 Å². The second-order valence-corrected chi connectivity index (χ2v) is 7.27. The van der Waals surface area contributed by atoms with Crippen molar-refractivity contribution in [3.05, 3.63) is 52.9 Å². The Morgan fingerprint density at radius 3 is 2.72 bits per heavy atom. The molecule has 1 aliphatic rings. The predicted molar refractivity (Wildman–Crippen MR) is 109 cm³/mol. The summed E-state index contributed by atoms with van der Waals surface area (Å²) in [5.74, 6) is 1.89. The third-order valence-corrected chi connectivity index (χ3v) is 5.44. The summed E-state index contributed by atoms with van der Waals surface area (Å²) >= 11 is 6.22. The zero-order valence-electron chi connectivity index (χ0n) is 16.3. The normalized spacial score (nSPS) is 16.3. The number of halogens is 1. The minimum absolute atomic E-state index is 0.00306. The van der Waals surface area contributed by atoms with Crippen molar-refractivity contribution in [3.8, 4) is 22.9 Å². The average Bonchev–Trinajstić information content (AvgIpc) is 3.36. The summed E-state index contributed by atoms with van der Waals surface area (Å²) in [6.45, 7) is 2.38. The molecule has 2 heterocycles. The van der Waals surface area contributed by atoms with E-state index >= 15 is 0 Å². The van der Waals surface area contributed by atoms with E-state index < -0.39 is 0 Å². The molecule has 1 atom stereocenters. The van der Waals surface area contributed by atoms with Crippen LogP contribution in [0.1, 0.15) is 23.8 Å². The van der Waals surface area contributed by atoms with Crippen molar-refractivity contribution in [2.24, 2.45) is 0 Å². The van der Waals surface area contributed by atoms with Crippen LogP contribution in [0.3, 0.4) is 0 Å². The summed E-state index contributed by atoms with van der Waals surface area (Å²) in [7, 11) is 3.16. The topological polar surface area (TPSA) is 77.7 Å². The predicted octanol–water partition coefficient (Wildman–Crippen LogP) is 4.24. The number of hydrogen-bond acceptors (Lipinski definition) is 6. The molecular formula is C21H20ClN3O4. The fourth-order valence-electron chi connectivity index (χ4n) is 3.37. The molecule has 7 nitrogen and oxygen atoms in total. The zero-order chi connectivity index (χ0) is 20.5. The fraction of sp³-hybridized carbons (Fsp3) is 0.286. The molecule has 150 valence electrons. The van der Waals surface area contributed by atoms with Gasteiger partial charge in [-0.05, 0) is 36.8 Å². The zero-order valence-corrected chi connectivity index (χ0v) is 17.1. The molecule has 1 aromatic heterocycles. The van der Waals surface area contributed by atoms with E-state index in [9.17, 15) is 4.79 Å². The van der Waals surface area contributed by atoms with Crippen LogP contribution in [0.25, 0.3) is 11.4 Å². The van der Waals surface area contributed by atoms with E-state index in [-0.39, 0.29) is 11.8 Å². The molecule has 0 aliphatic carbocycles. The van der Waals surface area contributed by atoms with Gasteiger partial charge in [0.15, 0.2) is 0 Å². The molecule has 0 saturated carbocycles. The number of hydrogen-bond donors (Lipinski definition) is 0. The second kappa shape index (κ2) is 7.75. The van der Waals surface area contributed by atoms with Crippen LogP contribution in [0.5, 0.6) is 11.5 Å². The Hall–Kier alpha value is -3.06. The molecule has 3 aromatic rings. The van der Waals surface area contributed by atoms with E-state index in [0.717, 1.165) is 11.3 Å². The van der Waals surface area contributed by atoms with Crippen molar-refractivity contribution in [1.29, 1.82) is 0 Å². The third-order valence-electron chi connectivity index (χ3n) is 5.03. The fourth-order valence-corrected chi connectivity index (χ4v) is 3.54. The van der Waals surface area contributed by atoms with Crippen LogP contribution in [0.15, 0.2) is 40.9 Å². The molecule has 29 heavy (non-hydrogen) atoms. The van der Waals surface area contributed by atoms with Crippen LogP contribution in [0.2, 0.25) is 5.02 Å². The van der Waals surface area contributed by atoms with E-state index in [1.165, 1.54) is 0 Å². The standard InChI is InChI=1S/C21H20ClN3O4/c1-12-4-5-14(9-17(12)22)25-11-13(8-19(25)26)21-23-20(24-29-21)16-7-6-15(27-2)10-18(16)28-3/h4-7,9-10,13H,8,11H2,1-3H3/t13-/m1/s1. The molecule has 0 unspecified atom stereocenters.